The number of alkyl halides is 3. The predicted octanol–water partition coefficient (Wildman–Crippen LogP) is 5.04. The van der Waals surface area contributed by atoms with Crippen LogP contribution in [-0.2, 0) is 0 Å². The molecule has 0 spiro atoms. The Kier molecular flexibility index (Phi) is 5.95. The van der Waals surface area contributed by atoms with Gasteiger partial charge in [0, 0.05) is 10.9 Å². The number of ether oxygens (including phenoxy) is 2. The second kappa shape index (κ2) is 8.85. The number of hydrogen-bond acceptors (Lipinski definition) is 5. The zero-order valence-electron chi connectivity index (χ0n) is 17.8. The quantitative estimate of drug-likeness (QED) is 0.441. The normalized spacial score (nSPS) is 11.4. The van der Waals surface area contributed by atoms with Crippen molar-refractivity contribution in [3.8, 4) is 28.3 Å². The maximum Gasteiger partial charge on any atom is 0.405 e. The Morgan fingerprint density at radius 1 is 0.909 bits per heavy atom. The summed E-state index contributed by atoms with van der Waals surface area (Å²) in [5.41, 5.74) is 1.46. The molecular weight excluding hydrogens is 435 g/mol. The molecule has 2 aromatic carbocycles. The summed E-state index contributed by atoms with van der Waals surface area (Å²) in [5, 5.41) is 2.86. The highest BCUT2D eigenvalue weighted by molar-refractivity contribution is 5.84. The van der Waals surface area contributed by atoms with Gasteiger partial charge in [0.1, 0.15) is 29.5 Å². The lowest BCUT2D eigenvalue weighted by molar-refractivity contribution is -0.115. The number of pyridine rings is 2. The van der Waals surface area contributed by atoms with Crippen molar-refractivity contribution in [3.05, 3.63) is 77.1 Å². The summed E-state index contributed by atoms with van der Waals surface area (Å²) < 4.78 is 49.7. The highest BCUT2D eigenvalue weighted by Crippen LogP contribution is 2.26. The number of benzene rings is 2. The molecule has 0 saturated carbocycles. The third kappa shape index (κ3) is 4.77. The molecule has 0 amide bonds. The molecule has 0 saturated heterocycles. The Labute approximate surface area is 187 Å². The van der Waals surface area contributed by atoms with E-state index in [1.807, 2.05) is 0 Å². The summed E-state index contributed by atoms with van der Waals surface area (Å²) in [6, 6.07) is 18.6. The fourth-order valence-corrected chi connectivity index (χ4v) is 3.42. The third-order valence-corrected chi connectivity index (χ3v) is 5.05. The maximum atomic E-state index is 13.6. The van der Waals surface area contributed by atoms with Crippen molar-refractivity contribution in [3.63, 3.8) is 0 Å². The Hall–Kier alpha value is -4.01. The van der Waals surface area contributed by atoms with Gasteiger partial charge in [-0.1, -0.05) is 12.1 Å². The van der Waals surface area contributed by atoms with Crippen molar-refractivity contribution in [2.24, 2.45) is 0 Å². The highest BCUT2D eigenvalue weighted by Gasteiger charge is 2.27. The predicted molar refractivity (Wildman–Crippen MR) is 120 cm³/mol. The standard InChI is InChI=1S/C24H20F3N3O3/c1-32-18-8-3-15(4-9-18)20-13-16-5-12-21(28-14-24(25,26)27)29-22(16)30(23(20)31)17-6-10-19(33-2)11-7-17/h3-13H,14H2,1-2H3,(H,28,29). The largest absolute Gasteiger partial charge is 0.497 e. The van der Waals surface area contributed by atoms with Crippen LogP contribution in [0.3, 0.4) is 0 Å². The molecule has 1 N–H and O–H groups in total. The van der Waals surface area contributed by atoms with Gasteiger partial charge in [-0.05, 0) is 60.2 Å². The number of aromatic nitrogens is 2. The molecule has 0 bridgehead atoms. The van der Waals surface area contributed by atoms with E-state index in [-0.39, 0.29) is 17.0 Å². The lowest BCUT2D eigenvalue weighted by Gasteiger charge is -2.15. The van der Waals surface area contributed by atoms with E-state index < -0.39 is 12.7 Å². The maximum absolute atomic E-state index is 13.6. The Bertz CT molecular complexity index is 1330. The minimum absolute atomic E-state index is 0.0127. The van der Waals surface area contributed by atoms with E-state index in [0.717, 1.165) is 0 Å². The summed E-state index contributed by atoms with van der Waals surface area (Å²) in [7, 11) is 3.08. The van der Waals surface area contributed by atoms with Crippen molar-refractivity contribution in [2.75, 3.05) is 26.1 Å². The van der Waals surface area contributed by atoms with Gasteiger partial charge in [-0.2, -0.15) is 13.2 Å². The van der Waals surface area contributed by atoms with Gasteiger partial charge in [0.25, 0.3) is 5.56 Å². The molecule has 33 heavy (non-hydrogen) atoms. The molecule has 4 aromatic rings. The molecule has 0 unspecified atom stereocenters. The number of anilines is 1. The zero-order chi connectivity index (χ0) is 23.6. The van der Waals surface area contributed by atoms with Crippen molar-refractivity contribution in [2.45, 2.75) is 6.18 Å². The highest BCUT2D eigenvalue weighted by atomic mass is 19.4. The van der Waals surface area contributed by atoms with Crippen LogP contribution in [0.4, 0.5) is 19.0 Å². The van der Waals surface area contributed by atoms with Gasteiger partial charge in [0.05, 0.1) is 19.9 Å². The van der Waals surface area contributed by atoms with Gasteiger partial charge in [0.15, 0.2) is 0 Å². The van der Waals surface area contributed by atoms with Gasteiger partial charge < -0.3 is 14.8 Å². The van der Waals surface area contributed by atoms with Gasteiger partial charge in [-0.25, -0.2) is 4.98 Å². The smallest absolute Gasteiger partial charge is 0.405 e. The fraction of sp³-hybridized carbons (Fsp3) is 0.167. The van der Waals surface area contributed by atoms with Crippen LogP contribution < -0.4 is 20.3 Å². The van der Waals surface area contributed by atoms with E-state index in [4.69, 9.17) is 9.47 Å². The second-order valence-electron chi connectivity index (χ2n) is 7.20. The third-order valence-electron chi connectivity index (χ3n) is 5.05. The molecule has 0 aliphatic heterocycles. The van der Waals surface area contributed by atoms with Crippen LogP contribution in [-0.4, -0.2) is 36.5 Å². The second-order valence-corrected chi connectivity index (χ2v) is 7.20. The molecule has 2 heterocycles. The molecule has 170 valence electrons. The number of methoxy groups -OCH3 is 2. The van der Waals surface area contributed by atoms with Crippen LogP contribution in [0, 0.1) is 0 Å². The summed E-state index contributed by atoms with van der Waals surface area (Å²) in [6.45, 7) is -1.23. The Balaban J connectivity index is 1.92. The molecular formula is C24H20F3N3O3. The molecule has 2 aromatic heterocycles. The van der Waals surface area contributed by atoms with E-state index in [2.05, 4.69) is 10.3 Å². The lowest BCUT2D eigenvalue weighted by atomic mass is 10.1. The molecule has 0 atom stereocenters. The Morgan fingerprint density at radius 2 is 1.52 bits per heavy atom. The van der Waals surface area contributed by atoms with Gasteiger partial charge in [0.2, 0.25) is 0 Å². The monoisotopic (exact) mass is 455 g/mol. The first-order valence-corrected chi connectivity index (χ1v) is 9.95. The number of nitrogens with zero attached hydrogens (tertiary/aromatic N) is 2. The first-order valence-electron chi connectivity index (χ1n) is 9.95. The number of nitrogens with one attached hydrogen (secondary N) is 1. The van der Waals surface area contributed by atoms with Crippen molar-refractivity contribution in [1.29, 1.82) is 0 Å². The molecule has 0 radical (unpaired) electrons. The Morgan fingerprint density at radius 3 is 2.09 bits per heavy atom. The van der Waals surface area contributed by atoms with Crippen molar-refractivity contribution < 1.29 is 22.6 Å². The lowest BCUT2D eigenvalue weighted by Crippen LogP contribution is -2.23. The molecule has 0 aliphatic rings. The first-order chi connectivity index (χ1) is 15.8. The number of halogens is 3. The van der Waals surface area contributed by atoms with E-state index >= 15 is 0 Å². The minimum Gasteiger partial charge on any atom is -0.497 e. The summed E-state index contributed by atoms with van der Waals surface area (Å²) >= 11 is 0. The zero-order valence-corrected chi connectivity index (χ0v) is 17.8. The summed E-state index contributed by atoms with van der Waals surface area (Å²) in [5.74, 6) is 1.26. The van der Waals surface area contributed by atoms with E-state index in [0.29, 0.717) is 33.7 Å². The van der Waals surface area contributed by atoms with Gasteiger partial charge in [-0.15, -0.1) is 0 Å². The van der Waals surface area contributed by atoms with Crippen LogP contribution in [0.2, 0.25) is 0 Å². The van der Waals surface area contributed by atoms with Crippen LogP contribution in [0.5, 0.6) is 11.5 Å². The van der Waals surface area contributed by atoms with E-state index in [9.17, 15) is 18.0 Å². The first kappa shape index (κ1) is 22.2. The van der Waals surface area contributed by atoms with Crippen LogP contribution >= 0.6 is 0 Å². The molecule has 0 aliphatic carbocycles. The van der Waals surface area contributed by atoms with Crippen molar-refractivity contribution in [1.82, 2.24) is 9.55 Å². The topological polar surface area (TPSA) is 65.4 Å². The number of rotatable bonds is 6. The molecule has 4 rings (SSSR count). The average Bonchev–Trinajstić information content (AvgIpc) is 2.82. The van der Waals surface area contributed by atoms with E-state index in [1.54, 1.807) is 67.8 Å². The number of fused-ring (bicyclic) bond motifs is 1. The van der Waals surface area contributed by atoms with Crippen molar-refractivity contribution >= 4 is 16.9 Å². The van der Waals surface area contributed by atoms with Crippen LogP contribution in [0.1, 0.15) is 0 Å². The molecule has 0 fully saturated rings. The van der Waals surface area contributed by atoms with Crippen LogP contribution in [0.15, 0.2) is 71.5 Å². The number of hydrogen-bond donors (Lipinski definition) is 1. The average molecular weight is 455 g/mol. The van der Waals surface area contributed by atoms with Gasteiger partial charge >= 0.3 is 6.18 Å². The molecule has 9 heteroatoms. The minimum atomic E-state index is -4.40. The SMILES string of the molecule is COc1ccc(-c2cc3ccc(NCC(F)(F)F)nc3n(-c3ccc(OC)cc3)c2=O)cc1. The fourth-order valence-electron chi connectivity index (χ4n) is 3.42. The molecule has 6 nitrogen and oxygen atoms in total. The summed E-state index contributed by atoms with van der Waals surface area (Å²) in [4.78, 5) is 17.9. The van der Waals surface area contributed by atoms with E-state index in [1.165, 1.54) is 17.7 Å². The van der Waals surface area contributed by atoms with Crippen LogP contribution in [0.25, 0.3) is 27.8 Å². The van der Waals surface area contributed by atoms with Gasteiger partial charge in [-0.3, -0.25) is 9.36 Å². The summed E-state index contributed by atoms with van der Waals surface area (Å²) in [6.07, 6.45) is -4.40.